The Bertz CT molecular complexity index is 560. The summed E-state index contributed by atoms with van der Waals surface area (Å²) in [5.74, 6) is 0. The van der Waals surface area contributed by atoms with Crippen molar-refractivity contribution >= 4 is 11.3 Å². The third kappa shape index (κ3) is 3.90. The minimum Gasteiger partial charge on any atom is -0.314 e. The van der Waals surface area contributed by atoms with E-state index in [9.17, 15) is 0 Å². The molecule has 2 aromatic rings. The fourth-order valence-corrected chi connectivity index (χ4v) is 3.02. The van der Waals surface area contributed by atoms with E-state index >= 15 is 0 Å². The minimum absolute atomic E-state index is 0.591. The van der Waals surface area contributed by atoms with Crippen molar-refractivity contribution < 1.29 is 0 Å². The molecule has 0 amide bonds. The van der Waals surface area contributed by atoms with E-state index in [0.29, 0.717) is 6.04 Å². The summed E-state index contributed by atoms with van der Waals surface area (Å²) in [5.41, 5.74) is 4.98. The molecule has 0 spiro atoms. The van der Waals surface area contributed by atoms with E-state index < -0.39 is 0 Å². The second kappa shape index (κ2) is 7.00. The lowest BCUT2D eigenvalue weighted by molar-refractivity contribution is 0.537. The summed E-state index contributed by atoms with van der Waals surface area (Å²) in [4.78, 5) is 4.77. The van der Waals surface area contributed by atoms with Crippen LogP contribution in [0.1, 0.15) is 36.4 Å². The summed E-state index contributed by atoms with van der Waals surface area (Å²) in [6, 6.07) is 7.15. The number of aromatic nitrogens is 1. The molecule has 1 aromatic heterocycles. The number of nitrogens with zero attached hydrogens (tertiary/aromatic N) is 1. The fourth-order valence-electron chi connectivity index (χ4n) is 2.22. The molecule has 108 valence electrons. The Balaban J connectivity index is 2.01. The molecule has 0 aliphatic carbocycles. The molecule has 1 unspecified atom stereocenters. The zero-order chi connectivity index (χ0) is 14.5. The van der Waals surface area contributed by atoms with Crippen LogP contribution < -0.4 is 5.32 Å². The summed E-state index contributed by atoms with van der Waals surface area (Å²) < 4.78 is 0. The fraction of sp³-hybridized carbons (Fsp3) is 0.471. The SMILES string of the molecule is CCC(C)NCCc1nc(-c2ccc(C)cc2C)cs1. The highest BCUT2D eigenvalue weighted by Crippen LogP contribution is 2.25. The first kappa shape index (κ1) is 15.2. The number of rotatable bonds is 6. The number of nitrogens with one attached hydrogen (secondary N) is 1. The van der Waals surface area contributed by atoms with Crippen LogP contribution in [-0.2, 0) is 6.42 Å². The highest BCUT2D eigenvalue weighted by Gasteiger charge is 2.07. The molecule has 1 aromatic carbocycles. The topological polar surface area (TPSA) is 24.9 Å². The molecule has 1 atom stereocenters. The smallest absolute Gasteiger partial charge is 0.0945 e. The van der Waals surface area contributed by atoms with Gasteiger partial charge in [0.25, 0.3) is 0 Å². The van der Waals surface area contributed by atoms with E-state index in [1.165, 1.54) is 28.1 Å². The van der Waals surface area contributed by atoms with Crippen LogP contribution in [0.4, 0.5) is 0 Å². The molecular formula is C17H24N2S. The molecule has 3 heteroatoms. The van der Waals surface area contributed by atoms with Crippen molar-refractivity contribution in [2.24, 2.45) is 0 Å². The number of hydrogen-bond acceptors (Lipinski definition) is 3. The summed E-state index contributed by atoms with van der Waals surface area (Å²) in [6.07, 6.45) is 2.19. The predicted octanol–water partition coefficient (Wildman–Crippen LogP) is 4.36. The number of aryl methyl sites for hydroxylation is 2. The highest BCUT2D eigenvalue weighted by molar-refractivity contribution is 7.09. The van der Waals surface area contributed by atoms with Crippen LogP contribution in [0.3, 0.4) is 0 Å². The molecule has 0 radical (unpaired) electrons. The molecular weight excluding hydrogens is 264 g/mol. The summed E-state index contributed by atoms with van der Waals surface area (Å²) in [7, 11) is 0. The van der Waals surface area contributed by atoms with Gasteiger partial charge in [-0.3, -0.25) is 0 Å². The quantitative estimate of drug-likeness (QED) is 0.854. The van der Waals surface area contributed by atoms with Gasteiger partial charge in [-0.2, -0.15) is 0 Å². The van der Waals surface area contributed by atoms with Crippen molar-refractivity contribution in [1.29, 1.82) is 0 Å². The molecule has 0 saturated heterocycles. The van der Waals surface area contributed by atoms with E-state index in [2.05, 4.69) is 56.6 Å². The van der Waals surface area contributed by atoms with Crippen LogP contribution in [0.5, 0.6) is 0 Å². The molecule has 0 fully saturated rings. The van der Waals surface area contributed by atoms with Gasteiger partial charge < -0.3 is 5.32 Å². The van der Waals surface area contributed by atoms with Crippen molar-refractivity contribution in [2.75, 3.05) is 6.54 Å². The summed E-state index contributed by atoms with van der Waals surface area (Å²) in [5, 5.41) is 6.91. The first-order chi connectivity index (χ1) is 9.60. The van der Waals surface area contributed by atoms with E-state index in [4.69, 9.17) is 4.98 Å². The summed E-state index contributed by atoms with van der Waals surface area (Å²) >= 11 is 1.77. The molecule has 0 saturated carbocycles. The van der Waals surface area contributed by atoms with Crippen molar-refractivity contribution in [3.8, 4) is 11.3 Å². The maximum Gasteiger partial charge on any atom is 0.0945 e. The second-order valence-electron chi connectivity index (χ2n) is 5.46. The molecule has 2 nitrogen and oxygen atoms in total. The maximum absolute atomic E-state index is 4.77. The largest absolute Gasteiger partial charge is 0.314 e. The maximum atomic E-state index is 4.77. The van der Waals surface area contributed by atoms with Crippen molar-refractivity contribution in [3.05, 3.63) is 39.7 Å². The third-order valence-electron chi connectivity index (χ3n) is 3.65. The van der Waals surface area contributed by atoms with Gasteiger partial charge in [0.05, 0.1) is 10.7 Å². The Kier molecular flexibility index (Phi) is 5.32. The Morgan fingerprint density at radius 3 is 2.80 bits per heavy atom. The first-order valence-electron chi connectivity index (χ1n) is 7.35. The van der Waals surface area contributed by atoms with Gasteiger partial charge >= 0.3 is 0 Å². The molecule has 0 bridgehead atoms. The molecule has 20 heavy (non-hydrogen) atoms. The van der Waals surface area contributed by atoms with E-state index in [-0.39, 0.29) is 0 Å². The van der Waals surface area contributed by atoms with Crippen LogP contribution in [0, 0.1) is 13.8 Å². The Morgan fingerprint density at radius 2 is 2.10 bits per heavy atom. The predicted molar refractivity (Wildman–Crippen MR) is 88.5 cm³/mol. The lowest BCUT2D eigenvalue weighted by atomic mass is 10.0. The normalized spacial score (nSPS) is 12.6. The van der Waals surface area contributed by atoms with E-state index in [0.717, 1.165) is 18.7 Å². The standard InChI is InChI=1S/C17H24N2S/c1-5-14(4)18-9-8-17-19-16(11-20-17)15-7-6-12(2)10-13(15)3/h6-7,10-11,14,18H,5,8-9H2,1-4H3. The summed E-state index contributed by atoms with van der Waals surface area (Å²) in [6.45, 7) is 9.73. The Hall–Kier alpha value is -1.19. The molecule has 2 rings (SSSR count). The van der Waals surface area contributed by atoms with Crippen LogP contribution >= 0.6 is 11.3 Å². The van der Waals surface area contributed by atoms with Gasteiger partial charge in [0.15, 0.2) is 0 Å². The Labute approximate surface area is 126 Å². The van der Waals surface area contributed by atoms with E-state index in [1.807, 2.05) is 0 Å². The van der Waals surface area contributed by atoms with Crippen LogP contribution in [-0.4, -0.2) is 17.6 Å². The Morgan fingerprint density at radius 1 is 1.30 bits per heavy atom. The number of benzene rings is 1. The van der Waals surface area contributed by atoms with Gasteiger partial charge in [0.1, 0.15) is 0 Å². The van der Waals surface area contributed by atoms with Crippen LogP contribution in [0.15, 0.2) is 23.6 Å². The van der Waals surface area contributed by atoms with Crippen LogP contribution in [0.25, 0.3) is 11.3 Å². The number of thiazole rings is 1. The molecule has 0 aliphatic rings. The van der Waals surface area contributed by atoms with Gasteiger partial charge in [-0.15, -0.1) is 11.3 Å². The second-order valence-corrected chi connectivity index (χ2v) is 6.40. The monoisotopic (exact) mass is 288 g/mol. The first-order valence-corrected chi connectivity index (χ1v) is 8.23. The average Bonchev–Trinajstić information content (AvgIpc) is 2.87. The van der Waals surface area contributed by atoms with E-state index in [1.54, 1.807) is 11.3 Å². The van der Waals surface area contributed by atoms with Crippen LogP contribution in [0.2, 0.25) is 0 Å². The van der Waals surface area contributed by atoms with Crippen molar-refractivity contribution in [2.45, 2.75) is 46.6 Å². The zero-order valence-electron chi connectivity index (χ0n) is 12.9. The molecule has 1 heterocycles. The minimum atomic E-state index is 0.591. The zero-order valence-corrected chi connectivity index (χ0v) is 13.7. The molecule has 0 aliphatic heterocycles. The molecule has 1 N–H and O–H groups in total. The highest BCUT2D eigenvalue weighted by atomic mass is 32.1. The lowest BCUT2D eigenvalue weighted by Crippen LogP contribution is -2.27. The van der Waals surface area contributed by atoms with Gasteiger partial charge in [-0.05, 0) is 32.8 Å². The van der Waals surface area contributed by atoms with Crippen molar-refractivity contribution in [1.82, 2.24) is 10.3 Å². The third-order valence-corrected chi connectivity index (χ3v) is 4.56. The van der Waals surface area contributed by atoms with Gasteiger partial charge in [0.2, 0.25) is 0 Å². The average molecular weight is 288 g/mol. The van der Waals surface area contributed by atoms with Gasteiger partial charge in [0, 0.05) is 30.0 Å². The number of hydrogen-bond donors (Lipinski definition) is 1. The van der Waals surface area contributed by atoms with Gasteiger partial charge in [-0.25, -0.2) is 4.98 Å². The van der Waals surface area contributed by atoms with Gasteiger partial charge in [-0.1, -0.05) is 30.7 Å². The lowest BCUT2D eigenvalue weighted by Gasteiger charge is -2.09. The van der Waals surface area contributed by atoms with Crippen molar-refractivity contribution in [3.63, 3.8) is 0 Å².